The first-order chi connectivity index (χ1) is 16.2. The number of morpholine rings is 1. The molecule has 8 heteroatoms. The lowest BCUT2D eigenvalue weighted by atomic mass is 10.1. The summed E-state index contributed by atoms with van der Waals surface area (Å²) < 4.78 is 13.5. The Balaban J connectivity index is 1.54. The predicted molar refractivity (Wildman–Crippen MR) is 130 cm³/mol. The third-order valence-electron chi connectivity index (χ3n) is 5.54. The lowest BCUT2D eigenvalue weighted by Crippen LogP contribution is -2.36. The van der Waals surface area contributed by atoms with E-state index in [9.17, 15) is 0 Å². The van der Waals surface area contributed by atoms with Crippen LogP contribution in [0.5, 0.6) is 0 Å². The molecule has 5 rings (SSSR count). The predicted octanol–water partition coefficient (Wildman–Crippen LogP) is 3.87. The van der Waals surface area contributed by atoms with Gasteiger partial charge in [0.15, 0.2) is 11.4 Å². The summed E-state index contributed by atoms with van der Waals surface area (Å²) in [6.07, 6.45) is 6.73. The summed E-state index contributed by atoms with van der Waals surface area (Å²) in [5.74, 6) is 1.48. The van der Waals surface area contributed by atoms with Crippen molar-refractivity contribution >= 4 is 23.0 Å². The fraction of sp³-hybridized carbons (Fsp3) is 0.240. The molecular weight excluding hydrogens is 416 g/mol. The van der Waals surface area contributed by atoms with Crippen molar-refractivity contribution in [3.8, 4) is 17.1 Å². The highest BCUT2D eigenvalue weighted by Gasteiger charge is 2.20. The minimum Gasteiger partial charge on any atom is -0.455 e. The van der Waals surface area contributed by atoms with Gasteiger partial charge in [0.05, 0.1) is 31.1 Å². The Morgan fingerprint density at radius 1 is 1.15 bits per heavy atom. The van der Waals surface area contributed by atoms with Crippen LogP contribution in [0.15, 0.2) is 70.3 Å². The summed E-state index contributed by atoms with van der Waals surface area (Å²) in [6, 6.07) is 14.3. The van der Waals surface area contributed by atoms with Crippen molar-refractivity contribution < 1.29 is 9.15 Å². The zero-order chi connectivity index (χ0) is 22.6. The molecule has 168 valence electrons. The van der Waals surface area contributed by atoms with Gasteiger partial charge in [-0.15, -0.1) is 0 Å². The van der Waals surface area contributed by atoms with E-state index in [1.165, 1.54) is 11.8 Å². The number of nitrogens with two attached hydrogens (primary N) is 1. The van der Waals surface area contributed by atoms with E-state index < -0.39 is 0 Å². The van der Waals surface area contributed by atoms with E-state index in [0.29, 0.717) is 19.8 Å². The van der Waals surface area contributed by atoms with Crippen LogP contribution in [0.4, 0.5) is 5.69 Å². The summed E-state index contributed by atoms with van der Waals surface area (Å²) in [6.45, 7) is 5.45. The Labute approximate surface area is 192 Å². The first kappa shape index (κ1) is 21.0. The summed E-state index contributed by atoms with van der Waals surface area (Å²) in [5.41, 5.74) is 11.1. The average molecular weight is 443 g/mol. The van der Waals surface area contributed by atoms with E-state index in [1.54, 1.807) is 12.3 Å². The topological polar surface area (TPSA) is 94.7 Å². The van der Waals surface area contributed by atoms with E-state index >= 15 is 0 Å². The molecule has 4 aromatic rings. The summed E-state index contributed by atoms with van der Waals surface area (Å²) in [7, 11) is 0. The standard InChI is InChI=1S/C25H26N6O2/c1-18-4-2-5-19(14-18)21-6-9-31(29-21)24-16-23(30-10-12-32-13-11-30)25-22(28-24)15-20(33-25)17-27-8-3-7-26/h2-9,14-16H,10-13,17,26H2,1H3/b7-3-,27-8?. The number of anilines is 1. The molecule has 1 saturated heterocycles. The van der Waals surface area contributed by atoms with Gasteiger partial charge in [-0.3, -0.25) is 4.99 Å². The zero-order valence-corrected chi connectivity index (χ0v) is 18.5. The quantitative estimate of drug-likeness (QED) is 0.456. The number of benzene rings is 1. The number of hydrogen-bond acceptors (Lipinski definition) is 7. The van der Waals surface area contributed by atoms with E-state index in [-0.39, 0.29) is 0 Å². The van der Waals surface area contributed by atoms with Gasteiger partial charge in [-0.05, 0) is 31.3 Å². The van der Waals surface area contributed by atoms with Gasteiger partial charge in [0.25, 0.3) is 0 Å². The van der Waals surface area contributed by atoms with Crippen molar-refractivity contribution in [1.82, 2.24) is 14.8 Å². The Bertz CT molecular complexity index is 1310. The van der Waals surface area contributed by atoms with Gasteiger partial charge in [-0.25, -0.2) is 9.67 Å². The molecule has 1 aliphatic heterocycles. The number of rotatable bonds is 6. The van der Waals surface area contributed by atoms with Crippen molar-refractivity contribution in [1.29, 1.82) is 0 Å². The number of aliphatic imine (C=N–C) groups is 1. The molecule has 33 heavy (non-hydrogen) atoms. The lowest BCUT2D eigenvalue weighted by Gasteiger charge is -2.28. The van der Waals surface area contributed by atoms with Gasteiger partial charge in [0.1, 0.15) is 11.3 Å². The molecule has 8 nitrogen and oxygen atoms in total. The van der Waals surface area contributed by atoms with Gasteiger partial charge in [0.2, 0.25) is 0 Å². The fourth-order valence-electron chi connectivity index (χ4n) is 3.94. The van der Waals surface area contributed by atoms with Crippen LogP contribution in [-0.2, 0) is 11.3 Å². The number of allylic oxidation sites excluding steroid dienone is 1. The maximum atomic E-state index is 6.17. The van der Waals surface area contributed by atoms with Crippen LogP contribution in [0.1, 0.15) is 11.3 Å². The van der Waals surface area contributed by atoms with Crippen LogP contribution < -0.4 is 10.6 Å². The van der Waals surface area contributed by atoms with Gasteiger partial charge in [-0.2, -0.15) is 5.10 Å². The van der Waals surface area contributed by atoms with Crippen LogP contribution in [-0.4, -0.2) is 47.3 Å². The van der Waals surface area contributed by atoms with Crippen molar-refractivity contribution in [2.24, 2.45) is 10.7 Å². The number of nitrogens with zero attached hydrogens (tertiary/aromatic N) is 5. The molecule has 0 spiro atoms. The maximum absolute atomic E-state index is 6.17. The van der Waals surface area contributed by atoms with Gasteiger partial charge in [0, 0.05) is 43.2 Å². The van der Waals surface area contributed by atoms with Crippen LogP contribution in [0.25, 0.3) is 28.2 Å². The monoisotopic (exact) mass is 442 g/mol. The number of fused-ring (bicyclic) bond motifs is 1. The molecule has 1 fully saturated rings. The third kappa shape index (κ3) is 4.51. The van der Waals surface area contributed by atoms with Crippen molar-refractivity contribution in [3.05, 3.63) is 72.3 Å². The normalized spacial score (nSPS) is 14.8. The lowest BCUT2D eigenvalue weighted by molar-refractivity contribution is 0.122. The Hall–Kier alpha value is -3.91. The summed E-state index contributed by atoms with van der Waals surface area (Å²) >= 11 is 0. The fourth-order valence-corrected chi connectivity index (χ4v) is 3.94. The second kappa shape index (κ2) is 9.30. The molecule has 0 amide bonds. The van der Waals surface area contributed by atoms with Crippen LogP contribution >= 0.6 is 0 Å². The molecule has 0 radical (unpaired) electrons. The minimum absolute atomic E-state index is 0.415. The first-order valence-corrected chi connectivity index (χ1v) is 11.0. The number of furan rings is 1. The maximum Gasteiger partial charge on any atom is 0.176 e. The van der Waals surface area contributed by atoms with E-state index in [1.807, 2.05) is 35.1 Å². The Morgan fingerprint density at radius 3 is 2.85 bits per heavy atom. The summed E-state index contributed by atoms with van der Waals surface area (Å²) in [5, 5.41) is 4.80. The highest BCUT2D eigenvalue weighted by Crippen LogP contribution is 2.32. The van der Waals surface area contributed by atoms with Crippen molar-refractivity contribution in [3.63, 3.8) is 0 Å². The molecule has 0 unspecified atom stereocenters. The van der Waals surface area contributed by atoms with Crippen LogP contribution in [0.2, 0.25) is 0 Å². The molecule has 3 aromatic heterocycles. The smallest absolute Gasteiger partial charge is 0.176 e. The van der Waals surface area contributed by atoms with Crippen LogP contribution in [0, 0.1) is 6.92 Å². The zero-order valence-electron chi connectivity index (χ0n) is 18.5. The van der Waals surface area contributed by atoms with E-state index in [4.69, 9.17) is 25.0 Å². The van der Waals surface area contributed by atoms with Gasteiger partial charge >= 0.3 is 0 Å². The highest BCUT2D eigenvalue weighted by molar-refractivity contribution is 5.88. The average Bonchev–Trinajstić information content (AvgIpc) is 3.49. The number of aromatic nitrogens is 3. The molecule has 1 aliphatic rings. The van der Waals surface area contributed by atoms with Crippen LogP contribution in [0.3, 0.4) is 0 Å². The molecule has 0 aliphatic carbocycles. The molecular formula is C25H26N6O2. The molecule has 1 aromatic carbocycles. The Kier molecular flexibility index (Phi) is 5.91. The molecule has 0 bridgehead atoms. The number of ether oxygens (including phenoxy) is 1. The highest BCUT2D eigenvalue weighted by atomic mass is 16.5. The molecule has 2 N–H and O–H groups in total. The van der Waals surface area contributed by atoms with E-state index in [2.05, 4.69) is 35.0 Å². The number of hydrogen-bond donors (Lipinski definition) is 1. The summed E-state index contributed by atoms with van der Waals surface area (Å²) in [4.78, 5) is 11.5. The molecule has 0 atom stereocenters. The second-order valence-corrected chi connectivity index (χ2v) is 7.92. The van der Waals surface area contributed by atoms with E-state index in [0.717, 1.165) is 52.7 Å². The Morgan fingerprint density at radius 2 is 2.03 bits per heavy atom. The number of aryl methyl sites for hydroxylation is 1. The first-order valence-electron chi connectivity index (χ1n) is 11.0. The minimum atomic E-state index is 0.415. The number of pyridine rings is 1. The SMILES string of the molecule is Cc1cccc(-c2ccn(-c3cc(N4CCOCC4)c4oc(CN=C/C=C\N)cc4n3)n2)c1. The van der Waals surface area contributed by atoms with Crippen molar-refractivity contribution in [2.75, 3.05) is 31.2 Å². The van der Waals surface area contributed by atoms with Gasteiger partial charge in [-0.1, -0.05) is 23.8 Å². The molecule has 0 saturated carbocycles. The second-order valence-electron chi connectivity index (χ2n) is 7.92. The van der Waals surface area contributed by atoms with Gasteiger partial charge < -0.3 is 19.8 Å². The molecule has 4 heterocycles. The van der Waals surface area contributed by atoms with Crippen molar-refractivity contribution in [2.45, 2.75) is 13.5 Å². The third-order valence-corrected chi connectivity index (χ3v) is 5.54. The largest absolute Gasteiger partial charge is 0.455 e.